The number of carbonyl (C=O) groups is 2. The number of hydrogen-bond donors (Lipinski definition) is 1. The molecule has 2 heterocycles. The van der Waals surface area contributed by atoms with E-state index in [1.54, 1.807) is 18.4 Å². The van der Waals surface area contributed by atoms with Gasteiger partial charge in [0.15, 0.2) is 0 Å². The number of halogens is 1. The molecule has 0 aliphatic carbocycles. The van der Waals surface area contributed by atoms with Gasteiger partial charge in [-0.1, -0.05) is 41.9 Å². The first-order valence-electron chi connectivity index (χ1n) is 9.42. The van der Waals surface area contributed by atoms with E-state index in [4.69, 9.17) is 16.3 Å². The fourth-order valence-electron chi connectivity index (χ4n) is 3.18. The van der Waals surface area contributed by atoms with E-state index < -0.39 is 16.8 Å². The van der Waals surface area contributed by atoms with E-state index in [1.807, 2.05) is 24.3 Å². The van der Waals surface area contributed by atoms with Crippen molar-refractivity contribution in [2.45, 2.75) is 6.92 Å². The molecular formula is C22H15ClN2O5S2. The molecule has 0 saturated carbocycles. The number of thiophene rings is 2. The number of fused-ring (bicyclic) bond motifs is 1. The standard InChI is InChI=1S/C22H15ClN2O5S2/c1-2-30-22(27)17-15(12-6-5-7-13(10-12)25(28)29)11-31-21(17)24-20(26)19-18(23)14-8-3-4-9-16(14)32-19/h3-11H,2H2,1H3,(H,24,26). The van der Waals surface area contributed by atoms with Crippen molar-refractivity contribution in [1.29, 1.82) is 0 Å². The first kappa shape index (κ1) is 21.9. The van der Waals surface area contributed by atoms with Crippen LogP contribution in [0.4, 0.5) is 10.7 Å². The molecular weight excluding hydrogens is 472 g/mol. The molecule has 2 aromatic carbocycles. The number of non-ortho nitro benzene ring substituents is 1. The molecule has 0 spiro atoms. The Balaban J connectivity index is 1.75. The molecule has 1 N–H and O–H groups in total. The number of ether oxygens (including phenoxy) is 1. The van der Waals surface area contributed by atoms with Crippen molar-refractivity contribution in [1.82, 2.24) is 0 Å². The average molecular weight is 487 g/mol. The molecule has 0 radical (unpaired) electrons. The summed E-state index contributed by atoms with van der Waals surface area (Å²) in [4.78, 5) is 36.7. The minimum atomic E-state index is -0.631. The van der Waals surface area contributed by atoms with E-state index in [2.05, 4.69) is 5.32 Å². The number of nitro benzene ring substituents is 1. The van der Waals surface area contributed by atoms with Crippen molar-refractivity contribution in [2.75, 3.05) is 11.9 Å². The Labute approximate surface area is 195 Å². The molecule has 162 valence electrons. The second kappa shape index (κ2) is 9.07. The number of hydrogen-bond acceptors (Lipinski definition) is 7. The molecule has 0 aliphatic heterocycles. The summed E-state index contributed by atoms with van der Waals surface area (Å²) >= 11 is 8.80. The Morgan fingerprint density at radius 2 is 1.97 bits per heavy atom. The van der Waals surface area contributed by atoms with Crippen LogP contribution in [-0.4, -0.2) is 23.4 Å². The molecule has 7 nitrogen and oxygen atoms in total. The number of nitrogens with zero attached hydrogens (tertiary/aromatic N) is 1. The van der Waals surface area contributed by atoms with Crippen LogP contribution >= 0.6 is 34.3 Å². The quantitative estimate of drug-likeness (QED) is 0.187. The number of esters is 1. The van der Waals surface area contributed by atoms with Gasteiger partial charge in [-0.3, -0.25) is 14.9 Å². The maximum Gasteiger partial charge on any atom is 0.341 e. The molecule has 10 heteroatoms. The molecule has 4 rings (SSSR count). The highest BCUT2D eigenvalue weighted by Gasteiger charge is 2.25. The zero-order valence-electron chi connectivity index (χ0n) is 16.6. The zero-order chi connectivity index (χ0) is 22.8. The van der Waals surface area contributed by atoms with Crippen molar-refractivity contribution < 1.29 is 19.2 Å². The van der Waals surface area contributed by atoms with Gasteiger partial charge in [-0.25, -0.2) is 4.79 Å². The summed E-state index contributed by atoms with van der Waals surface area (Å²) in [6.07, 6.45) is 0. The smallest absolute Gasteiger partial charge is 0.341 e. The lowest BCUT2D eigenvalue weighted by Crippen LogP contribution is -2.14. The third-order valence-corrected chi connectivity index (χ3v) is 7.18. The minimum Gasteiger partial charge on any atom is -0.462 e. The van der Waals surface area contributed by atoms with E-state index in [0.29, 0.717) is 21.0 Å². The van der Waals surface area contributed by atoms with E-state index in [0.717, 1.165) is 21.4 Å². The third kappa shape index (κ3) is 4.10. The number of benzene rings is 2. The van der Waals surface area contributed by atoms with Gasteiger partial charge in [0.05, 0.1) is 16.6 Å². The molecule has 32 heavy (non-hydrogen) atoms. The Kier molecular flexibility index (Phi) is 6.22. The van der Waals surface area contributed by atoms with E-state index in [-0.39, 0.29) is 22.9 Å². The van der Waals surface area contributed by atoms with Gasteiger partial charge in [0.1, 0.15) is 15.4 Å². The van der Waals surface area contributed by atoms with E-state index in [1.165, 1.54) is 29.5 Å². The fourth-order valence-corrected chi connectivity index (χ4v) is 5.54. The minimum absolute atomic E-state index is 0.105. The number of anilines is 1. The summed E-state index contributed by atoms with van der Waals surface area (Å²) in [6.45, 7) is 1.81. The van der Waals surface area contributed by atoms with Crippen LogP contribution in [0.2, 0.25) is 5.02 Å². The molecule has 0 unspecified atom stereocenters. The van der Waals surface area contributed by atoms with Gasteiger partial charge < -0.3 is 10.1 Å². The molecule has 1 amide bonds. The molecule has 4 aromatic rings. The Morgan fingerprint density at radius 1 is 1.19 bits per heavy atom. The summed E-state index contributed by atoms with van der Waals surface area (Å²) in [5.41, 5.74) is 0.947. The molecule has 0 fully saturated rings. The number of nitrogens with one attached hydrogen (secondary N) is 1. The van der Waals surface area contributed by atoms with Gasteiger partial charge >= 0.3 is 5.97 Å². The summed E-state index contributed by atoms with van der Waals surface area (Å²) < 4.78 is 6.06. The summed E-state index contributed by atoms with van der Waals surface area (Å²) in [5, 5.41) is 17.0. The lowest BCUT2D eigenvalue weighted by Gasteiger charge is -2.08. The van der Waals surface area contributed by atoms with Crippen LogP contribution in [0.5, 0.6) is 0 Å². The Morgan fingerprint density at radius 3 is 2.69 bits per heavy atom. The number of amides is 1. The maximum atomic E-state index is 13.0. The van der Waals surface area contributed by atoms with Crippen LogP contribution in [0, 0.1) is 10.1 Å². The first-order chi connectivity index (χ1) is 15.4. The second-order valence-corrected chi connectivity index (χ2v) is 8.89. The topological polar surface area (TPSA) is 98.5 Å². The third-order valence-electron chi connectivity index (χ3n) is 4.61. The number of nitro groups is 1. The zero-order valence-corrected chi connectivity index (χ0v) is 19.0. The normalized spacial score (nSPS) is 10.8. The highest BCUT2D eigenvalue weighted by molar-refractivity contribution is 7.22. The lowest BCUT2D eigenvalue weighted by molar-refractivity contribution is -0.384. The van der Waals surface area contributed by atoms with Gasteiger partial charge in [0, 0.05) is 33.2 Å². The largest absolute Gasteiger partial charge is 0.462 e. The van der Waals surface area contributed by atoms with Crippen molar-refractivity contribution >= 4 is 66.9 Å². The molecule has 0 aliphatic rings. The van der Waals surface area contributed by atoms with Crippen LogP contribution in [0.1, 0.15) is 27.0 Å². The summed E-state index contributed by atoms with van der Waals surface area (Å²) in [6, 6.07) is 13.3. The molecule has 2 aromatic heterocycles. The summed E-state index contributed by atoms with van der Waals surface area (Å²) in [5.74, 6) is -1.08. The van der Waals surface area contributed by atoms with Gasteiger partial charge in [-0.15, -0.1) is 22.7 Å². The van der Waals surface area contributed by atoms with Crippen LogP contribution < -0.4 is 5.32 Å². The van der Waals surface area contributed by atoms with Gasteiger partial charge in [-0.2, -0.15) is 0 Å². The Bertz CT molecular complexity index is 1360. The molecule has 0 saturated heterocycles. The van der Waals surface area contributed by atoms with Gasteiger partial charge in [0.25, 0.3) is 11.6 Å². The molecule has 0 bridgehead atoms. The predicted molar refractivity (Wildman–Crippen MR) is 127 cm³/mol. The lowest BCUT2D eigenvalue weighted by atomic mass is 10.0. The van der Waals surface area contributed by atoms with Gasteiger partial charge in [0.2, 0.25) is 0 Å². The SMILES string of the molecule is CCOC(=O)c1c(-c2cccc([N+](=O)[O-])c2)csc1NC(=O)c1sc2ccccc2c1Cl. The maximum absolute atomic E-state index is 13.0. The number of carbonyl (C=O) groups excluding carboxylic acids is 2. The highest BCUT2D eigenvalue weighted by atomic mass is 35.5. The van der Waals surface area contributed by atoms with Crippen LogP contribution in [-0.2, 0) is 4.74 Å². The molecule has 0 atom stereocenters. The number of rotatable bonds is 6. The highest BCUT2D eigenvalue weighted by Crippen LogP contribution is 2.39. The van der Waals surface area contributed by atoms with Crippen molar-refractivity contribution in [3.8, 4) is 11.1 Å². The van der Waals surface area contributed by atoms with Crippen molar-refractivity contribution in [3.05, 3.63) is 79.5 Å². The van der Waals surface area contributed by atoms with Crippen LogP contribution in [0.15, 0.2) is 53.9 Å². The van der Waals surface area contributed by atoms with Crippen LogP contribution in [0.3, 0.4) is 0 Å². The monoisotopic (exact) mass is 486 g/mol. The van der Waals surface area contributed by atoms with Crippen molar-refractivity contribution in [2.24, 2.45) is 0 Å². The van der Waals surface area contributed by atoms with E-state index in [9.17, 15) is 19.7 Å². The van der Waals surface area contributed by atoms with Crippen molar-refractivity contribution in [3.63, 3.8) is 0 Å². The fraction of sp³-hybridized carbons (Fsp3) is 0.0909. The van der Waals surface area contributed by atoms with Crippen LogP contribution in [0.25, 0.3) is 21.2 Å². The van der Waals surface area contributed by atoms with Gasteiger partial charge in [-0.05, 0) is 18.6 Å². The average Bonchev–Trinajstić information content (AvgIpc) is 3.35. The second-order valence-electron chi connectivity index (χ2n) is 6.58. The Hall–Kier alpha value is -3.27. The first-order valence-corrected chi connectivity index (χ1v) is 11.5. The van der Waals surface area contributed by atoms with E-state index >= 15 is 0 Å². The summed E-state index contributed by atoms with van der Waals surface area (Å²) in [7, 11) is 0. The predicted octanol–water partition coefficient (Wildman–Crippen LogP) is 6.62.